The fraction of sp³-hybridized carbons (Fsp3) is 0.333. The zero-order chi connectivity index (χ0) is 14.5. The van der Waals surface area contributed by atoms with Gasteiger partial charge in [0.15, 0.2) is 5.57 Å². The normalized spacial score (nSPS) is 23.2. The van der Waals surface area contributed by atoms with Crippen molar-refractivity contribution >= 4 is 5.97 Å². The van der Waals surface area contributed by atoms with Crippen LogP contribution in [-0.4, -0.2) is 19.1 Å². The summed E-state index contributed by atoms with van der Waals surface area (Å²) in [5, 5.41) is 12.2. The Hall–Kier alpha value is -2.48. The van der Waals surface area contributed by atoms with Gasteiger partial charge in [-0.1, -0.05) is 37.3 Å². The standard InChI is InChI=1S/C15H16N2O3/c1-3-12-13(10-7-5-4-6-8-10)20-14(17-12)11(9-16)15(18)19-2/h4-8,12-13,17H,3H2,1-2H3/b14-11-/t12-,13-/m1/s1. The maximum absolute atomic E-state index is 11.5. The zero-order valence-electron chi connectivity index (χ0n) is 11.4. The summed E-state index contributed by atoms with van der Waals surface area (Å²) >= 11 is 0. The molecule has 0 bridgehead atoms. The van der Waals surface area contributed by atoms with E-state index in [0.29, 0.717) is 0 Å². The molecule has 1 N–H and O–H groups in total. The Morgan fingerprint density at radius 3 is 2.70 bits per heavy atom. The Kier molecular flexibility index (Phi) is 4.26. The average molecular weight is 272 g/mol. The van der Waals surface area contributed by atoms with Gasteiger partial charge in [0.2, 0.25) is 5.88 Å². The number of carbonyl (C=O) groups is 1. The highest BCUT2D eigenvalue weighted by Crippen LogP contribution is 2.32. The highest BCUT2D eigenvalue weighted by Gasteiger charge is 2.35. The van der Waals surface area contributed by atoms with Crippen molar-refractivity contribution in [2.75, 3.05) is 7.11 Å². The van der Waals surface area contributed by atoms with E-state index in [1.54, 1.807) is 0 Å². The minimum absolute atomic E-state index is 0.0143. The number of hydrogen-bond acceptors (Lipinski definition) is 5. The van der Waals surface area contributed by atoms with E-state index in [2.05, 4.69) is 10.1 Å². The molecule has 1 fully saturated rings. The lowest BCUT2D eigenvalue weighted by Gasteiger charge is -2.15. The summed E-state index contributed by atoms with van der Waals surface area (Å²) in [4.78, 5) is 11.5. The summed E-state index contributed by atoms with van der Waals surface area (Å²) < 4.78 is 10.4. The fourth-order valence-electron chi connectivity index (χ4n) is 2.17. The lowest BCUT2D eigenvalue weighted by Crippen LogP contribution is -2.25. The van der Waals surface area contributed by atoms with Gasteiger partial charge in [0, 0.05) is 0 Å². The first-order valence-electron chi connectivity index (χ1n) is 6.42. The fourth-order valence-corrected chi connectivity index (χ4v) is 2.17. The molecule has 1 aliphatic rings. The second kappa shape index (κ2) is 6.11. The van der Waals surface area contributed by atoms with E-state index in [-0.39, 0.29) is 23.6 Å². The molecule has 104 valence electrons. The van der Waals surface area contributed by atoms with Gasteiger partial charge >= 0.3 is 5.97 Å². The third kappa shape index (κ3) is 2.59. The third-order valence-electron chi connectivity index (χ3n) is 3.22. The largest absolute Gasteiger partial charge is 0.468 e. The molecule has 0 aliphatic carbocycles. The second-order valence-electron chi connectivity index (χ2n) is 4.42. The van der Waals surface area contributed by atoms with Crippen LogP contribution in [0.1, 0.15) is 25.0 Å². The van der Waals surface area contributed by atoms with Gasteiger partial charge in [0.1, 0.15) is 12.2 Å². The molecule has 1 saturated heterocycles. The molecular weight excluding hydrogens is 256 g/mol. The van der Waals surface area contributed by atoms with Crippen molar-refractivity contribution in [2.45, 2.75) is 25.5 Å². The monoisotopic (exact) mass is 272 g/mol. The van der Waals surface area contributed by atoms with Crippen molar-refractivity contribution in [3.8, 4) is 6.07 Å². The number of ether oxygens (including phenoxy) is 2. The smallest absolute Gasteiger partial charge is 0.354 e. The second-order valence-corrected chi connectivity index (χ2v) is 4.42. The molecular formula is C15H16N2O3. The molecule has 0 radical (unpaired) electrons. The van der Waals surface area contributed by atoms with Gasteiger partial charge in [0.05, 0.1) is 13.2 Å². The van der Waals surface area contributed by atoms with Gasteiger partial charge in [0.25, 0.3) is 0 Å². The number of hydrogen-bond donors (Lipinski definition) is 1. The molecule has 5 heteroatoms. The van der Waals surface area contributed by atoms with Crippen molar-refractivity contribution in [1.82, 2.24) is 5.32 Å². The first-order chi connectivity index (χ1) is 9.71. The number of esters is 1. The van der Waals surface area contributed by atoms with E-state index in [0.717, 1.165) is 12.0 Å². The number of nitrogens with zero attached hydrogens (tertiary/aromatic N) is 1. The number of carbonyl (C=O) groups excluding carboxylic acids is 1. The number of benzene rings is 1. The first kappa shape index (κ1) is 13.9. The summed E-state index contributed by atoms with van der Waals surface area (Å²) in [5.74, 6) is -0.501. The van der Waals surface area contributed by atoms with E-state index in [1.807, 2.05) is 43.3 Å². The molecule has 2 atom stereocenters. The number of methoxy groups -OCH3 is 1. The molecule has 1 aromatic carbocycles. The van der Waals surface area contributed by atoms with Crippen LogP contribution in [0, 0.1) is 11.3 Å². The van der Waals surface area contributed by atoms with Gasteiger partial charge in [-0.3, -0.25) is 0 Å². The van der Waals surface area contributed by atoms with Crippen molar-refractivity contribution < 1.29 is 14.3 Å². The Labute approximate surface area is 117 Å². The van der Waals surface area contributed by atoms with Crippen molar-refractivity contribution in [1.29, 1.82) is 5.26 Å². The van der Waals surface area contributed by atoms with Crippen LogP contribution in [0.15, 0.2) is 41.8 Å². The van der Waals surface area contributed by atoms with E-state index >= 15 is 0 Å². The van der Waals surface area contributed by atoms with Gasteiger partial charge < -0.3 is 14.8 Å². The van der Waals surface area contributed by atoms with Crippen LogP contribution in [0.2, 0.25) is 0 Å². The Morgan fingerprint density at radius 1 is 1.45 bits per heavy atom. The van der Waals surface area contributed by atoms with Crippen LogP contribution in [0.5, 0.6) is 0 Å². The molecule has 2 rings (SSSR count). The summed E-state index contributed by atoms with van der Waals surface area (Å²) in [6.07, 6.45) is 0.590. The van der Waals surface area contributed by atoms with E-state index in [4.69, 9.17) is 10.00 Å². The minimum atomic E-state index is -0.696. The lowest BCUT2D eigenvalue weighted by atomic mass is 10.0. The summed E-state index contributed by atoms with van der Waals surface area (Å²) in [5.41, 5.74) is 0.869. The van der Waals surface area contributed by atoms with Gasteiger partial charge in [-0.25, -0.2) is 4.79 Å². The highest BCUT2D eigenvalue weighted by molar-refractivity contribution is 5.93. The summed E-state index contributed by atoms with van der Waals surface area (Å²) in [6.45, 7) is 2.02. The molecule has 20 heavy (non-hydrogen) atoms. The van der Waals surface area contributed by atoms with Crippen molar-refractivity contribution in [3.63, 3.8) is 0 Å². The Morgan fingerprint density at radius 2 is 2.15 bits per heavy atom. The maximum Gasteiger partial charge on any atom is 0.354 e. The topological polar surface area (TPSA) is 71.4 Å². The molecule has 0 saturated carbocycles. The first-order valence-corrected chi connectivity index (χ1v) is 6.42. The van der Waals surface area contributed by atoms with E-state index < -0.39 is 5.97 Å². The molecule has 0 aromatic heterocycles. The van der Waals surface area contributed by atoms with Crippen molar-refractivity contribution in [3.05, 3.63) is 47.4 Å². The van der Waals surface area contributed by atoms with Crippen LogP contribution >= 0.6 is 0 Å². The summed E-state index contributed by atoms with van der Waals surface area (Å²) in [6, 6.07) is 11.6. The summed E-state index contributed by atoms with van der Waals surface area (Å²) in [7, 11) is 1.24. The third-order valence-corrected chi connectivity index (χ3v) is 3.22. The number of nitriles is 1. The Balaban J connectivity index is 2.33. The van der Waals surface area contributed by atoms with Crippen LogP contribution in [0.4, 0.5) is 0 Å². The number of nitrogens with one attached hydrogen (secondary N) is 1. The zero-order valence-corrected chi connectivity index (χ0v) is 11.4. The average Bonchev–Trinajstić information content (AvgIpc) is 2.92. The van der Waals surface area contributed by atoms with Gasteiger partial charge in [-0.2, -0.15) is 5.26 Å². The molecule has 0 unspecified atom stereocenters. The predicted molar refractivity (Wildman–Crippen MR) is 72.1 cm³/mol. The van der Waals surface area contributed by atoms with Crippen molar-refractivity contribution in [2.24, 2.45) is 0 Å². The molecule has 0 spiro atoms. The molecule has 1 heterocycles. The molecule has 5 nitrogen and oxygen atoms in total. The maximum atomic E-state index is 11.5. The minimum Gasteiger partial charge on any atom is -0.468 e. The molecule has 1 aliphatic heterocycles. The van der Waals surface area contributed by atoms with Gasteiger partial charge in [-0.05, 0) is 12.0 Å². The van der Waals surface area contributed by atoms with Crippen LogP contribution in [0.25, 0.3) is 0 Å². The molecule has 1 aromatic rings. The van der Waals surface area contributed by atoms with Crippen LogP contribution < -0.4 is 5.32 Å². The predicted octanol–water partition coefficient (Wildman–Crippen LogP) is 2.03. The van der Waals surface area contributed by atoms with Gasteiger partial charge in [-0.15, -0.1) is 0 Å². The molecule has 0 amide bonds. The van der Waals surface area contributed by atoms with Crippen LogP contribution in [0.3, 0.4) is 0 Å². The van der Waals surface area contributed by atoms with Crippen LogP contribution in [-0.2, 0) is 14.3 Å². The number of rotatable bonds is 3. The highest BCUT2D eigenvalue weighted by atomic mass is 16.5. The lowest BCUT2D eigenvalue weighted by molar-refractivity contribution is -0.135. The van der Waals surface area contributed by atoms with E-state index in [1.165, 1.54) is 7.11 Å². The van der Waals surface area contributed by atoms with E-state index in [9.17, 15) is 4.79 Å². The SMILES string of the molecule is CC[C@H]1N/C(=C(\C#N)C(=O)OC)O[C@@H]1c1ccccc1. The Bertz CT molecular complexity index is 560. The quantitative estimate of drug-likeness (QED) is 0.518.